The highest BCUT2D eigenvalue weighted by Crippen LogP contribution is 2.33. The molecule has 0 spiro atoms. The largest absolute Gasteiger partial charge is 0.361 e. The van der Waals surface area contributed by atoms with Gasteiger partial charge >= 0.3 is 0 Å². The minimum atomic E-state index is -3.75. The Hall–Kier alpha value is -2.74. The van der Waals surface area contributed by atoms with Crippen molar-refractivity contribution in [2.45, 2.75) is 17.7 Å². The number of ketones is 1. The second kappa shape index (κ2) is 7.94. The summed E-state index contributed by atoms with van der Waals surface area (Å²) in [6, 6.07) is 18.1. The maximum atomic E-state index is 12.9. The third-order valence-corrected chi connectivity index (χ3v) is 7.32. The highest BCUT2D eigenvalue weighted by atomic mass is 32.2. The molecule has 0 radical (unpaired) electrons. The van der Waals surface area contributed by atoms with Crippen LogP contribution in [-0.4, -0.2) is 25.7 Å². The van der Waals surface area contributed by atoms with Crippen molar-refractivity contribution in [3.63, 3.8) is 0 Å². The van der Waals surface area contributed by atoms with E-state index in [9.17, 15) is 13.2 Å². The molecular formula is C22H20N2O3S2. The number of Topliss-reactive ketones (excluding diaryl/α,β-unsaturated/α-hetero) is 1. The van der Waals surface area contributed by atoms with Crippen LogP contribution < -0.4 is 4.72 Å². The second-order valence-corrected chi connectivity index (χ2v) is 9.54. The van der Waals surface area contributed by atoms with E-state index in [2.05, 4.69) is 9.71 Å². The second-order valence-electron chi connectivity index (χ2n) is 6.79. The average Bonchev–Trinajstić information content (AvgIpc) is 3.39. The van der Waals surface area contributed by atoms with Crippen molar-refractivity contribution >= 4 is 38.0 Å². The molecule has 148 valence electrons. The van der Waals surface area contributed by atoms with Crippen LogP contribution in [0.2, 0.25) is 0 Å². The van der Waals surface area contributed by atoms with Gasteiger partial charge in [0.2, 0.25) is 10.0 Å². The highest BCUT2D eigenvalue weighted by Gasteiger charge is 2.23. The average molecular weight is 425 g/mol. The number of benzene rings is 2. The maximum Gasteiger partial charge on any atom is 0.240 e. The Kier molecular flexibility index (Phi) is 5.36. The van der Waals surface area contributed by atoms with E-state index in [0.29, 0.717) is 5.56 Å². The summed E-state index contributed by atoms with van der Waals surface area (Å²) in [6.07, 6.45) is 1.94. The summed E-state index contributed by atoms with van der Waals surface area (Å²) in [5.41, 5.74) is 2.43. The molecule has 1 unspecified atom stereocenters. The number of rotatable bonds is 7. The molecule has 2 aromatic heterocycles. The first-order chi connectivity index (χ1) is 14.0. The number of fused-ring (bicyclic) bond motifs is 1. The van der Waals surface area contributed by atoms with Crippen LogP contribution in [-0.2, 0) is 10.0 Å². The van der Waals surface area contributed by atoms with E-state index in [1.807, 2.05) is 48.0 Å². The normalized spacial score (nSPS) is 12.9. The summed E-state index contributed by atoms with van der Waals surface area (Å²) in [4.78, 5) is 16.0. The molecule has 0 fully saturated rings. The van der Waals surface area contributed by atoms with E-state index in [1.54, 1.807) is 23.5 Å². The number of aromatic nitrogens is 1. The van der Waals surface area contributed by atoms with Gasteiger partial charge in [-0.05, 0) is 42.1 Å². The number of nitrogens with one attached hydrogen (secondary N) is 2. The molecule has 0 aliphatic rings. The van der Waals surface area contributed by atoms with E-state index in [0.717, 1.165) is 21.3 Å². The number of hydrogen-bond donors (Lipinski definition) is 2. The lowest BCUT2D eigenvalue weighted by Gasteiger charge is -2.17. The molecule has 4 aromatic rings. The highest BCUT2D eigenvalue weighted by molar-refractivity contribution is 7.89. The van der Waals surface area contributed by atoms with Gasteiger partial charge < -0.3 is 4.98 Å². The van der Waals surface area contributed by atoms with Crippen molar-refractivity contribution in [2.75, 3.05) is 6.54 Å². The van der Waals surface area contributed by atoms with Gasteiger partial charge in [0, 0.05) is 40.0 Å². The predicted octanol–water partition coefficient (Wildman–Crippen LogP) is 4.54. The molecule has 0 aliphatic heterocycles. The van der Waals surface area contributed by atoms with Crippen LogP contribution in [0.3, 0.4) is 0 Å². The van der Waals surface area contributed by atoms with E-state index >= 15 is 0 Å². The fourth-order valence-corrected chi connectivity index (χ4v) is 5.33. The Morgan fingerprint density at radius 2 is 1.93 bits per heavy atom. The molecule has 0 saturated heterocycles. The molecule has 1 atom stereocenters. The summed E-state index contributed by atoms with van der Waals surface area (Å²) in [7, 11) is -3.75. The number of carbonyl (C=O) groups excluding carboxylic acids is 1. The van der Waals surface area contributed by atoms with Gasteiger partial charge in [-0.1, -0.05) is 36.4 Å². The zero-order chi connectivity index (χ0) is 20.4. The Morgan fingerprint density at radius 1 is 1.10 bits per heavy atom. The number of para-hydroxylation sites is 1. The topological polar surface area (TPSA) is 79.0 Å². The molecule has 0 aliphatic carbocycles. The SMILES string of the molecule is CC(=O)c1cccc(S(=O)(=O)NCC(c2cccs2)c2c[nH]c3ccccc23)c1. The van der Waals surface area contributed by atoms with E-state index in [4.69, 9.17) is 0 Å². The van der Waals surface area contributed by atoms with Crippen molar-refractivity contribution in [2.24, 2.45) is 0 Å². The first-order valence-electron chi connectivity index (χ1n) is 9.16. The van der Waals surface area contributed by atoms with Crippen LogP contribution in [0.15, 0.2) is 77.1 Å². The summed E-state index contributed by atoms with van der Waals surface area (Å²) >= 11 is 1.60. The zero-order valence-corrected chi connectivity index (χ0v) is 17.4. The van der Waals surface area contributed by atoms with E-state index in [1.165, 1.54) is 19.1 Å². The predicted molar refractivity (Wildman–Crippen MR) is 116 cm³/mol. The zero-order valence-electron chi connectivity index (χ0n) is 15.8. The number of aromatic amines is 1. The van der Waals surface area contributed by atoms with Gasteiger partial charge in [0.05, 0.1) is 4.90 Å². The molecule has 4 rings (SSSR count). The van der Waals surface area contributed by atoms with Crippen molar-refractivity contribution in [1.29, 1.82) is 0 Å². The van der Waals surface area contributed by atoms with E-state index in [-0.39, 0.29) is 23.1 Å². The quantitative estimate of drug-likeness (QED) is 0.428. The van der Waals surface area contributed by atoms with Gasteiger partial charge in [0.1, 0.15) is 0 Å². The lowest BCUT2D eigenvalue weighted by Crippen LogP contribution is -2.29. The monoisotopic (exact) mass is 424 g/mol. The number of thiophene rings is 1. The standard InChI is InChI=1S/C22H20N2O3S2/c1-15(25)16-6-4-7-17(12-16)29(26,27)24-14-20(22-10-5-11-28-22)19-13-23-21-9-3-2-8-18(19)21/h2-13,20,23-24H,14H2,1H3. The molecule has 2 heterocycles. The van der Waals surface area contributed by atoms with Gasteiger partial charge in [0.25, 0.3) is 0 Å². The molecule has 0 saturated carbocycles. The van der Waals surface area contributed by atoms with E-state index < -0.39 is 10.0 Å². The van der Waals surface area contributed by atoms with Gasteiger partial charge in [-0.3, -0.25) is 4.79 Å². The van der Waals surface area contributed by atoms with Gasteiger partial charge in [-0.15, -0.1) is 11.3 Å². The summed E-state index contributed by atoms with van der Waals surface area (Å²) in [5.74, 6) is -0.297. The molecule has 0 bridgehead atoms. The lowest BCUT2D eigenvalue weighted by molar-refractivity contribution is 0.101. The molecule has 2 N–H and O–H groups in total. The van der Waals surface area contributed by atoms with Crippen molar-refractivity contribution in [1.82, 2.24) is 9.71 Å². The van der Waals surface area contributed by atoms with Crippen LogP contribution >= 0.6 is 11.3 Å². The fraction of sp³-hybridized carbons (Fsp3) is 0.136. The van der Waals surface area contributed by atoms with Crippen LogP contribution in [0.1, 0.15) is 33.6 Å². The molecule has 7 heteroatoms. The summed E-state index contributed by atoms with van der Waals surface area (Å²) < 4.78 is 28.5. The van der Waals surface area contributed by atoms with Crippen molar-refractivity contribution in [3.8, 4) is 0 Å². The number of sulfonamides is 1. The van der Waals surface area contributed by atoms with Gasteiger partial charge in [0.15, 0.2) is 5.78 Å². The number of hydrogen-bond acceptors (Lipinski definition) is 4. The first kappa shape index (κ1) is 19.6. The summed E-state index contributed by atoms with van der Waals surface area (Å²) in [6.45, 7) is 1.64. The van der Waals surface area contributed by atoms with Crippen LogP contribution in [0.4, 0.5) is 0 Å². The lowest BCUT2D eigenvalue weighted by atomic mass is 9.97. The Bertz CT molecular complexity index is 1260. The minimum absolute atomic E-state index is 0.0917. The molecular weight excluding hydrogens is 404 g/mol. The molecule has 5 nitrogen and oxygen atoms in total. The molecule has 2 aromatic carbocycles. The van der Waals surface area contributed by atoms with Crippen molar-refractivity contribution < 1.29 is 13.2 Å². The number of carbonyl (C=O) groups is 1. The van der Waals surface area contributed by atoms with Crippen LogP contribution in [0.25, 0.3) is 10.9 Å². The maximum absolute atomic E-state index is 12.9. The van der Waals surface area contributed by atoms with Gasteiger partial charge in [-0.25, -0.2) is 13.1 Å². The third kappa shape index (κ3) is 4.03. The first-order valence-corrected chi connectivity index (χ1v) is 11.5. The fourth-order valence-electron chi connectivity index (χ4n) is 3.39. The van der Waals surface area contributed by atoms with Crippen LogP contribution in [0, 0.1) is 0 Å². The van der Waals surface area contributed by atoms with Gasteiger partial charge in [-0.2, -0.15) is 0 Å². The van der Waals surface area contributed by atoms with Crippen molar-refractivity contribution in [3.05, 3.63) is 88.2 Å². The Morgan fingerprint density at radius 3 is 2.69 bits per heavy atom. The molecule has 29 heavy (non-hydrogen) atoms. The molecule has 0 amide bonds. The Balaban J connectivity index is 1.66. The minimum Gasteiger partial charge on any atom is -0.361 e. The summed E-state index contributed by atoms with van der Waals surface area (Å²) in [5, 5.41) is 3.06. The third-order valence-electron chi connectivity index (χ3n) is 4.91. The smallest absolute Gasteiger partial charge is 0.240 e. The van der Waals surface area contributed by atoms with Crippen LogP contribution in [0.5, 0.6) is 0 Å². The number of H-pyrrole nitrogens is 1. The Labute approximate surface area is 173 Å².